The summed E-state index contributed by atoms with van der Waals surface area (Å²) in [6.07, 6.45) is 4.13. The third kappa shape index (κ3) is 4.48. The Labute approximate surface area is 159 Å². The molecule has 2 N–H and O–H groups in total. The van der Waals surface area contributed by atoms with Crippen molar-refractivity contribution in [2.75, 3.05) is 23.3 Å². The Bertz CT molecular complexity index is 845. The van der Waals surface area contributed by atoms with E-state index in [1.165, 1.54) is 11.3 Å². The first kappa shape index (κ1) is 17.6. The lowest BCUT2D eigenvalue weighted by Gasteiger charge is -2.30. The highest BCUT2D eigenvalue weighted by atomic mass is 16.2. The van der Waals surface area contributed by atoms with Crippen molar-refractivity contribution in [2.24, 2.45) is 5.92 Å². The fourth-order valence-corrected chi connectivity index (χ4v) is 3.55. The second-order valence-corrected chi connectivity index (χ2v) is 7.39. The lowest BCUT2D eigenvalue weighted by molar-refractivity contribution is -0.120. The molecule has 1 aliphatic heterocycles. The van der Waals surface area contributed by atoms with Crippen LogP contribution in [0, 0.1) is 5.92 Å². The summed E-state index contributed by atoms with van der Waals surface area (Å²) < 4.78 is 0. The molecule has 1 fully saturated rings. The van der Waals surface area contributed by atoms with Crippen LogP contribution < -0.4 is 15.5 Å². The quantitative estimate of drug-likeness (QED) is 0.829. The molecule has 0 unspecified atom stereocenters. The topological polar surface area (TPSA) is 61.4 Å². The van der Waals surface area contributed by atoms with Crippen molar-refractivity contribution in [1.29, 1.82) is 0 Å². The van der Waals surface area contributed by atoms with Crippen LogP contribution in [0.2, 0.25) is 0 Å². The van der Waals surface area contributed by atoms with Crippen molar-refractivity contribution in [2.45, 2.75) is 32.2 Å². The molecule has 140 valence electrons. The molecular weight excluding hydrogens is 338 g/mol. The van der Waals surface area contributed by atoms with Crippen molar-refractivity contribution < 1.29 is 9.59 Å². The van der Waals surface area contributed by atoms with Crippen LogP contribution in [-0.2, 0) is 22.6 Å². The highest BCUT2D eigenvalue weighted by molar-refractivity contribution is 5.94. The van der Waals surface area contributed by atoms with Crippen LogP contribution in [0.25, 0.3) is 0 Å². The fourth-order valence-electron chi connectivity index (χ4n) is 3.55. The van der Waals surface area contributed by atoms with Crippen molar-refractivity contribution in [1.82, 2.24) is 5.32 Å². The van der Waals surface area contributed by atoms with Gasteiger partial charge in [0, 0.05) is 30.4 Å². The Morgan fingerprint density at radius 2 is 1.93 bits per heavy atom. The van der Waals surface area contributed by atoms with E-state index in [0.29, 0.717) is 13.1 Å². The van der Waals surface area contributed by atoms with Gasteiger partial charge in [-0.25, -0.2) is 0 Å². The lowest BCUT2D eigenvalue weighted by Crippen LogP contribution is -2.39. The molecule has 0 spiro atoms. The molecule has 2 aromatic rings. The number of nitrogens with zero attached hydrogens (tertiary/aromatic N) is 1. The van der Waals surface area contributed by atoms with E-state index in [0.717, 1.165) is 43.5 Å². The minimum atomic E-state index is 0.0131. The van der Waals surface area contributed by atoms with E-state index in [1.807, 2.05) is 30.3 Å². The number of rotatable bonds is 6. The fraction of sp³-hybridized carbons (Fsp3) is 0.364. The van der Waals surface area contributed by atoms with E-state index < -0.39 is 0 Å². The third-order valence-electron chi connectivity index (χ3n) is 5.17. The van der Waals surface area contributed by atoms with Crippen LogP contribution in [0.1, 0.15) is 30.4 Å². The molecule has 4 rings (SSSR count). The molecule has 27 heavy (non-hydrogen) atoms. The Balaban J connectivity index is 1.31. The number of fused-ring (bicyclic) bond motifs is 1. The number of hydrogen-bond donors (Lipinski definition) is 2. The zero-order valence-electron chi connectivity index (χ0n) is 15.4. The lowest BCUT2D eigenvalue weighted by atomic mass is 10.0. The van der Waals surface area contributed by atoms with Crippen molar-refractivity contribution in [3.63, 3.8) is 0 Å². The monoisotopic (exact) mass is 363 g/mol. The number of carbonyl (C=O) groups is 2. The van der Waals surface area contributed by atoms with Gasteiger partial charge < -0.3 is 15.5 Å². The van der Waals surface area contributed by atoms with E-state index >= 15 is 0 Å². The Kier molecular flexibility index (Phi) is 5.10. The first-order valence-corrected chi connectivity index (χ1v) is 9.68. The number of benzene rings is 2. The van der Waals surface area contributed by atoms with Gasteiger partial charge in [0.1, 0.15) is 0 Å². The maximum absolute atomic E-state index is 12.4. The van der Waals surface area contributed by atoms with Crippen molar-refractivity contribution in [3.05, 3.63) is 59.7 Å². The molecule has 1 aliphatic carbocycles. The average Bonchev–Trinajstić information content (AvgIpc) is 3.52. The van der Waals surface area contributed by atoms with Crippen LogP contribution in [-0.4, -0.2) is 24.9 Å². The van der Waals surface area contributed by atoms with Crippen molar-refractivity contribution >= 4 is 23.2 Å². The molecule has 0 aromatic heterocycles. The van der Waals surface area contributed by atoms with E-state index in [-0.39, 0.29) is 17.7 Å². The molecule has 5 heteroatoms. The molecule has 1 saturated carbocycles. The van der Waals surface area contributed by atoms with Gasteiger partial charge in [-0.05, 0) is 55.0 Å². The maximum Gasteiger partial charge on any atom is 0.239 e. The minimum absolute atomic E-state index is 0.0131. The summed E-state index contributed by atoms with van der Waals surface area (Å²) in [6, 6.07) is 16.0. The van der Waals surface area contributed by atoms with Crippen LogP contribution in [0.3, 0.4) is 0 Å². The standard InChI is InChI=1S/C22H25N3O2/c26-21(15-25-12-4-7-17-6-1-2-9-20(17)25)23-14-16-5-3-8-19(13-16)24-22(27)18-10-11-18/h1-3,5-6,8-9,13,18H,4,7,10-12,14-15H2,(H,23,26)(H,24,27). The Morgan fingerprint density at radius 1 is 1.07 bits per heavy atom. The summed E-state index contributed by atoms with van der Waals surface area (Å²) in [5, 5.41) is 5.95. The summed E-state index contributed by atoms with van der Waals surface area (Å²) >= 11 is 0. The zero-order chi connectivity index (χ0) is 18.6. The SMILES string of the molecule is O=C(CN1CCCc2ccccc21)NCc1cccc(NC(=O)C2CC2)c1. The molecular formula is C22H25N3O2. The Morgan fingerprint density at radius 3 is 2.78 bits per heavy atom. The van der Waals surface area contributed by atoms with Gasteiger partial charge in [-0.15, -0.1) is 0 Å². The smallest absolute Gasteiger partial charge is 0.239 e. The molecule has 5 nitrogen and oxygen atoms in total. The van der Waals surface area contributed by atoms with E-state index in [9.17, 15) is 9.59 Å². The second kappa shape index (κ2) is 7.82. The number of para-hydroxylation sites is 1. The summed E-state index contributed by atoms with van der Waals surface area (Å²) in [4.78, 5) is 26.5. The summed E-state index contributed by atoms with van der Waals surface area (Å²) in [5.74, 6) is 0.292. The number of carbonyl (C=O) groups excluding carboxylic acids is 2. The maximum atomic E-state index is 12.4. The van der Waals surface area contributed by atoms with Gasteiger partial charge in [-0.3, -0.25) is 9.59 Å². The highest BCUT2D eigenvalue weighted by Crippen LogP contribution is 2.30. The summed E-state index contributed by atoms with van der Waals surface area (Å²) in [5.41, 5.74) is 4.26. The number of amides is 2. The molecule has 1 heterocycles. The molecule has 2 aliphatic rings. The Hall–Kier alpha value is -2.82. The second-order valence-electron chi connectivity index (χ2n) is 7.39. The van der Waals surface area contributed by atoms with E-state index in [2.05, 4.69) is 33.7 Å². The van der Waals surface area contributed by atoms with Crippen LogP contribution in [0.5, 0.6) is 0 Å². The van der Waals surface area contributed by atoms with Crippen LogP contribution >= 0.6 is 0 Å². The van der Waals surface area contributed by atoms with Gasteiger partial charge >= 0.3 is 0 Å². The molecule has 0 radical (unpaired) electrons. The molecule has 2 amide bonds. The van der Waals surface area contributed by atoms with Gasteiger partial charge in [-0.2, -0.15) is 0 Å². The minimum Gasteiger partial charge on any atom is -0.362 e. The summed E-state index contributed by atoms with van der Waals surface area (Å²) in [7, 11) is 0. The first-order valence-electron chi connectivity index (χ1n) is 9.68. The first-order chi connectivity index (χ1) is 13.2. The average molecular weight is 363 g/mol. The largest absolute Gasteiger partial charge is 0.362 e. The van der Waals surface area contributed by atoms with Gasteiger partial charge in [0.05, 0.1) is 6.54 Å². The van der Waals surface area contributed by atoms with E-state index in [1.54, 1.807) is 0 Å². The molecule has 0 bridgehead atoms. The number of anilines is 2. The van der Waals surface area contributed by atoms with Crippen LogP contribution in [0.15, 0.2) is 48.5 Å². The van der Waals surface area contributed by atoms with E-state index in [4.69, 9.17) is 0 Å². The predicted octanol–water partition coefficient (Wildman–Crippen LogP) is 3.10. The van der Waals surface area contributed by atoms with Gasteiger partial charge in [0.2, 0.25) is 11.8 Å². The highest BCUT2D eigenvalue weighted by Gasteiger charge is 2.29. The van der Waals surface area contributed by atoms with Gasteiger partial charge in [-0.1, -0.05) is 30.3 Å². The predicted molar refractivity (Wildman–Crippen MR) is 107 cm³/mol. The molecule has 2 aromatic carbocycles. The number of aryl methyl sites for hydroxylation is 1. The number of nitrogens with one attached hydrogen (secondary N) is 2. The van der Waals surface area contributed by atoms with Gasteiger partial charge in [0.15, 0.2) is 0 Å². The zero-order valence-corrected chi connectivity index (χ0v) is 15.4. The normalized spacial score (nSPS) is 15.8. The van der Waals surface area contributed by atoms with Crippen molar-refractivity contribution in [3.8, 4) is 0 Å². The summed E-state index contributed by atoms with van der Waals surface area (Å²) in [6.45, 7) is 1.74. The van der Waals surface area contributed by atoms with Crippen LogP contribution in [0.4, 0.5) is 11.4 Å². The third-order valence-corrected chi connectivity index (χ3v) is 5.17. The molecule has 0 saturated heterocycles. The van der Waals surface area contributed by atoms with Gasteiger partial charge in [0.25, 0.3) is 0 Å². The number of hydrogen-bond acceptors (Lipinski definition) is 3. The molecule has 0 atom stereocenters.